The number of ether oxygens (including phenoxy) is 2. The van der Waals surface area contributed by atoms with Gasteiger partial charge >= 0.3 is 0 Å². The third-order valence-electron chi connectivity index (χ3n) is 6.04. The van der Waals surface area contributed by atoms with Crippen molar-refractivity contribution in [2.45, 2.75) is 31.0 Å². The maximum absolute atomic E-state index is 13.7. The topological polar surface area (TPSA) is 98.2 Å². The maximum atomic E-state index is 13.7. The second kappa shape index (κ2) is 11.0. The summed E-state index contributed by atoms with van der Waals surface area (Å²) >= 11 is 1.24. The summed E-state index contributed by atoms with van der Waals surface area (Å²) in [4.78, 5) is 34.3. The highest BCUT2D eigenvalue weighted by Crippen LogP contribution is 2.29. The van der Waals surface area contributed by atoms with Gasteiger partial charge in [0, 0.05) is 24.9 Å². The molecule has 8 nitrogen and oxygen atoms in total. The van der Waals surface area contributed by atoms with Gasteiger partial charge in [-0.05, 0) is 49.6 Å². The monoisotopic (exact) mass is 504 g/mol. The molecule has 5 rings (SSSR count). The van der Waals surface area contributed by atoms with E-state index < -0.39 is 0 Å². The van der Waals surface area contributed by atoms with Crippen molar-refractivity contribution in [3.8, 4) is 22.6 Å². The number of hydrogen-bond donors (Lipinski definition) is 2. The van der Waals surface area contributed by atoms with Crippen LogP contribution in [0.15, 0.2) is 70.7 Å². The number of thioether (sulfide) groups is 1. The summed E-state index contributed by atoms with van der Waals surface area (Å²) in [7, 11) is 0. The molecule has 0 bridgehead atoms. The van der Waals surface area contributed by atoms with Gasteiger partial charge in [-0.25, -0.2) is 4.98 Å². The predicted octanol–water partition coefficient (Wildman–Crippen LogP) is 4.17. The van der Waals surface area contributed by atoms with Crippen LogP contribution in [0.4, 0.5) is 0 Å². The van der Waals surface area contributed by atoms with E-state index in [0.29, 0.717) is 35.0 Å². The predicted molar refractivity (Wildman–Crippen MR) is 141 cm³/mol. The van der Waals surface area contributed by atoms with E-state index >= 15 is 0 Å². The molecule has 1 atom stereocenters. The minimum absolute atomic E-state index is 0.0729. The van der Waals surface area contributed by atoms with Gasteiger partial charge in [-0.15, -0.1) is 0 Å². The van der Waals surface area contributed by atoms with Crippen molar-refractivity contribution in [1.82, 2.24) is 19.9 Å². The number of benzene rings is 2. The van der Waals surface area contributed by atoms with Crippen molar-refractivity contribution in [3.63, 3.8) is 0 Å². The molecule has 1 amide bonds. The van der Waals surface area contributed by atoms with Gasteiger partial charge in [0.1, 0.15) is 16.8 Å². The summed E-state index contributed by atoms with van der Waals surface area (Å²) in [5, 5.41) is 3.38. The van der Waals surface area contributed by atoms with Gasteiger partial charge in [-0.3, -0.25) is 14.2 Å². The molecule has 1 aliphatic heterocycles. The van der Waals surface area contributed by atoms with Crippen molar-refractivity contribution < 1.29 is 14.3 Å². The Morgan fingerprint density at radius 3 is 2.75 bits per heavy atom. The smallest absolute Gasteiger partial charge is 0.283 e. The molecule has 36 heavy (non-hydrogen) atoms. The number of H-pyrrole nitrogens is 1. The Kier molecular flexibility index (Phi) is 7.39. The molecule has 0 radical (unpaired) electrons. The second-order valence-electron chi connectivity index (χ2n) is 8.48. The van der Waals surface area contributed by atoms with Gasteiger partial charge in [0.25, 0.3) is 5.56 Å². The number of amides is 1. The Morgan fingerprint density at radius 1 is 1.22 bits per heavy atom. The summed E-state index contributed by atoms with van der Waals surface area (Å²) in [6.07, 6.45) is 3.86. The van der Waals surface area contributed by atoms with Crippen LogP contribution in [-0.4, -0.2) is 52.1 Å². The molecular formula is C27H28N4O4S. The average Bonchev–Trinajstić information content (AvgIpc) is 3.58. The minimum Gasteiger partial charge on any atom is -0.494 e. The van der Waals surface area contributed by atoms with E-state index in [0.717, 1.165) is 36.3 Å². The number of aromatic amines is 1. The molecule has 0 aliphatic carbocycles. The Morgan fingerprint density at radius 2 is 2.03 bits per heavy atom. The van der Waals surface area contributed by atoms with E-state index in [2.05, 4.69) is 10.3 Å². The summed E-state index contributed by atoms with van der Waals surface area (Å²) in [5.74, 6) is 0.727. The quantitative estimate of drug-likeness (QED) is 0.262. The number of fused-ring (bicyclic) bond motifs is 1. The normalized spacial score (nSPS) is 15.3. The molecule has 1 fully saturated rings. The van der Waals surface area contributed by atoms with Crippen LogP contribution in [0.2, 0.25) is 0 Å². The largest absolute Gasteiger partial charge is 0.494 e. The zero-order valence-electron chi connectivity index (χ0n) is 20.0. The van der Waals surface area contributed by atoms with Crippen molar-refractivity contribution in [3.05, 3.63) is 71.1 Å². The first-order valence-corrected chi connectivity index (χ1v) is 13.1. The zero-order valence-corrected chi connectivity index (χ0v) is 20.8. The summed E-state index contributed by atoms with van der Waals surface area (Å²) in [5.41, 5.74) is 3.21. The second-order valence-corrected chi connectivity index (χ2v) is 9.42. The highest BCUT2D eigenvalue weighted by atomic mass is 32.2. The van der Waals surface area contributed by atoms with Crippen LogP contribution in [-0.2, 0) is 9.53 Å². The molecule has 3 heterocycles. The summed E-state index contributed by atoms with van der Waals surface area (Å²) in [6.45, 7) is 3.71. The number of rotatable bonds is 9. The van der Waals surface area contributed by atoms with Crippen LogP contribution in [0, 0.1) is 0 Å². The number of carbonyl (C=O) groups is 1. The van der Waals surface area contributed by atoms with Crippen LogP contribution in [0.25, 0.3) is 27.8 Å². The van der Waals surface area contributed by atoms with Gasteiger partial charge in [-0.1, -0.05) is 42.1 Å². The molecule has 4 aromatic rings. The summed E-state index contributed by atoms with van der Waals surface area (Å²) in [6, 6.07) is 17.1. The SMILES string of the molecule is CCOc1ccc(-n2c(SCC(=O)NCC3CCCO3)nc3c(-c4ccccc4)c[nH]c3c2=O)cc1. The molecule has 2 aromatic heterocycles. The fourth-order valence-electron chi connectivity index (χ4n) is 4.27. The molecule has 0 saturated carbocycles. The van der Waals surface area contributed by atoms with Gasteiger partial charge < -0.3 is 19.8 Å². The van der Waals surface area contributed by atoms with E-state index in [1.54, 1.807) is 10.8 Å². The number of carbonyl (C=O) groups excluding carboxylic acids is 1. The lowest BCUT2D eigenvalue weighted by atomic mass is 10.1. The fourth-order valence-corrected chi connectivity index (χ4v) is 5.11. The Labute approximate surface area is 213 Å². The molecule has 186 valence electrons. The standard InChI is InChI=1S/C27H28N4O4S/c1-2-34-20-12-10-19(11-13-20)31-26(33)25-24(22(16-29-25)18-7-4-3-5-8-18)30-27(31)36-17-23(32)28-15-21-9-6-14-35-21/h3-5,7-8,10-13,16,21,29H,2,6,9,14-15,17H2,1H3,(H,28,32). The van der Waals surface area contributed by atoms with Crippen LogP contribution >= 0.6 is 11.8 Å². The zero-order chi connectivity index (χ0) is 24.9. The lowest BCUT2D eigenvalue weighted by Crippen LogP contribution is -2.33. The first-order chi connectivity index (χ1) is 17.6. The van der Waals surface area contributed by atoms with Crippen LogP contribution in [0.1, 0.15) is 19.8 Å². The molecule has 9 heteroatoms. The van der Waals surface area contributed by atoms with Crippen LogP contribution in [0.5, 0.6) is 5.75 Å². The Balaban J connectivity index is 1.49. The average molecular weight is 505 g/mol. The highest BCUT2D eigenvalue weighted by molar-refractivity contribution is 7.99. The molecule has 1 aliphatic rings. The first kappa shape index (κ1) is 24.1. The number of nitrogens with one attached hydrogen (secondary N) is 2. The Bertz CT molecular complexity index is 1390. The Hall–Kier alpha value is -3.56. The molecule has 2 N–H and O–H groups in total. The van der Waals surface area contributed by atoms with Crippen molar-refractivity contribution in [2.75, 3.05) is 25.5 Å². The lowest BCUT2D eigenvalue weighted by Gasteiger charge is -2.14. The van der Waals surface area contributed by atoms with Gasteiger partial charge in [0.2, 0.25) is 5.91 Å². The van der Waals surface area contributed by atoms with E-state index in [9.17, 15) is 9.59 Å². The number of aromatic nitrogens is 3. The van der Waals surface area contributed by atoms with Crippen LogP contribution < -0.4 is 15.6 Å². The van der Waals surface area contributed by atoms with E-state index in [1.807, 2.05) is 61.5 Å². The number of hydrogen-bond acceptors (Lipinski definition) is 6. The third-order valence-corrected chi connectivity index (χ3v) is 6.98. The molecule has 2 aromatic carbocycles. The minimum atomic E-state index is -0.228. The number of nitrogens with zero attached hydrogens (tertiary/aromatic N) is 2. The van der Waals surface area contributed by atoms with Crippen molar-refractivity contribution in [2.24, 2.45) is 0 Å². The van der Waals surface area contributed by atoms with Gasteiger partial charge in [0.05, 0.1) is 24.2 Å². The van der Waals surface area contributed by atoms with Crippen molar-refractivity contribution in [1.29, 1.82) is 0 Å². The third kappa shape index (κ3) is 5.17. The summed E-state index contributed by atoms with van der Waals surface area (Å²) < 4.78 is 12.7. The lowest BCUT2D eigenvalue weighted by molar-refractivity contribution is -0.119. The molecule has 0 spiro atoms. The molecule has 1 saturated heterocycles. The van der Waals surface area contributed by atoms with Crippen molar-refractivity contribution >= 4 is 28.7 Å². The van der Waals surface area contributed by atoms with Gasteiger partial charge in [-0.2, -0.15) is 0 Å². The maximum Gasteiger partial charge on any atom is 0.283 e. The first-order valence-electron chi connectivity index (χ1n) is 12.1. The van der Waals surface area contributed by atoms with E-state index in [1.165, 1.54) is 11.8 Å². The van der Waals surface area contributed by atoms with Gasteiger partial charge in [0.15, 0.2) is 5.16 Å². The van der Waals surface area contributed by atoms with Crippen LogP contribution in [0.3, 0.4) is 0 Å². The highest BCUT2D eigenvalue weighted by Gasteiger charge is 2.20. The molecule has 1 unspecified atom stereocenters. The van der Waals surface area contributed by atoms with E-state index in [4.69, 9.17) is 14.5 Å². The van der Waals surface area contributed by atoms with E-state index in [-0.39, 0.29) is 23.3 Å². The fraction of sp³-hybridized carbons (Fsp3) is 0.296. The molecular weight excluding hydrogens is 476 g/mol.